The van der Waals surface area contributed by atoms with E-state index < -0.39 is 11.2 Å². The van der Waals surface area contributed by atoms with E-state index in [0.717, 1.165) is 23.3 Å². The summed E-state index contributed by atoms with van der Waals surface area (Å²) in [7, 11) is 0. The van der Waals surface area contributed by atoms with Crippen LogP contribution in [0, 0.1) is 5.92 Å². The summed E-state index contributed by atoms with van der Waals surface area (Å²) in [5.74, 6) is 0.831. The second kappa shape index (κ2) is 6.06. The molecule has 5 heteroatoms. The molecule has 0 fully saturated rings. The van der Waals surface area contributed by atoms with Gasteiger partial charge in [-0.25, -0.2) is 0 Å². The van der Waals surface area contributed by atoms with Crippen LogP contribution >= 0.6 is 23.4 Å². The quantitative estimate of drug-likeness (QED) is 0.902. The molecule has 3 nitrogen and oxygen atoms in total. The average Bonchev–Trinajstić information content (AvgIpc) is 2.75. The molecule has 0 bridgehead atoms. The Morgan fingerprint density at radius 3 is 2.89 bits per heavy atom. The van der Waals surface area contributed by atoms with Crippen LogP contribution in [0.1, 0.15) is 25.0 Å². The van der Waals surface area contributed by atoms with Crippen LogP contribution in [0.2, 0.25) is 5.02 Å². The third kappa shape index (κ3) is 3.37. The van der Waals surface area contributed by atoms with Crippen LogP contribution < -0.4 is 4.74 Å². The fourth-order valence-corrected chi connectivity index (χ4v) is 3.55. The Morgan fingerprint density at radius 2 is 2.26 bits per heavy atom. The van der Waals surface area contributed by atoms with Gasteiger partial charge in [0.25, 0.3) is 0 Å². The number of benzene rings is 1. The third-order valence-electron chi connectivity index (χ3n) is 3.09. The van der Waals surface area contributed by atoms with E-state index in [1.165, 1.54) is 11.8 Å². The molecule has 0 radical (unpaired) electrons. The van der Waals surface area contributed by atoms with Crippen molar-refractivity contribution in [2.24, 2.45) is 5.92 Å². The first-order valence-electron chi connectivity index (χ1n) is 6.27. The molecule has 0 amide bonds. The van der Waals surface area contributed by atoms with Gasteiger partial charge in [0, 0.05) is 22.8 Å². The first-order chi connectivity index (χ1) is 8.99. The van der Waals surface area contributed by atoms with Crippen molar-refractivity contribution in [1.29, 1.82) is 0 Å². The van der Waals surface area contributed by atoms with Crippen LogP contribution in [-0.4, -0.2) is 22.9 Å². The molecule has 0 saturated heterocycles. The van der Waals surface area contributed by atoms with Crippen molar-refractivity contribution in [2.45, 2.75) is 31.3 Å². The van der Waals surface area contributed by atoms with Crippen molar-refractivity contribution in [3.05, 3.63) is 28.3 Å². The third-order valence-corrected chi connectivity index (χ3v) is 4.89. The van der Waals surface area contributed by atoms with Crippen LogP contribution in [0.25, 0.3) is 0 Å². The average molecular weight is 301 g/mol. The van der Waals surface area contributed by atoms with Crippen LogP contribution in [0.4, 0.5) is 0 Å². The van der Waals surface area contributed by atoms with E-state index in [2.05, 4.69) is 0 Å². The molecule has 0 saturated carbocycles. The van der Waals surface area contributed by atoms with Gasteiger partial charge in [0.05, 0.1) is 6.61 Å². The summed E-state index contributed by atoms with van der Waals surface area (Å²) >= 11 is 7.52. The number of aliphatic carboxylic acids is 1. The zero-order chi connectivity index (χ0) is 14.0. The highest BCUT2D eigenvalue weighted by atomic mass is 35.5. The molecular formula is C14H17ClO3S. The zero-order valence-corrected chi connectivity index (χ0v) is 12.6. The molecule has 104 valence electrons. The molecule has 1 heterocycles. The molecule has 0 aliphatic carbocycles. The Bertz CT molecular complexity index is 488. The molecule has 2 rings (SSSR count). The molecule has 0 spiro atoms. The molecule has 1 aliphatic rings. The summed E-state index contributed by atoms with van der Waals surface area (Å²) < 4.78 is 5.62. The van der Waals surface area contributed by atoms with E-state index in [9.17, 15) is 9.90 Å². The van der Waals surface area contributed by atoms with Crippen LogP contribution in [0.15, 0.2) is 12.1 Å². The lowest BCUT2D eigenvalue weighted by molar-refractivity contribution is -0.137. The minimum atomic E-state index is -0.764. The van der Waals surface area contributed by atoms with Crippen molar-refractivity contribution in [2.75, 3.05) is 6.61 Å². The lowest BCUT2D eigenvalue weighted by Crippen LogP contribution is -2.22. The smallest absolute Gasteiger partial charge is 0.316 e. The molecule has 1 aromatic carbocycles. The predicted octanol–water partition coefficient (Wildman–Crippen LogP) is 3.62. The molecule has 1 aromatic rings. The van der Waals surface area contributed by atoms with Crippen molar-refractivity contribution in [1.82, 2.24) is 0 Å². The first kappa shape index (κ1) is 14.5. The van der Waals surface area contributed by atoms with Gasteiger partial charge >= 0.3 is 5.97 Å². The maximum absolute atomic E-state index is 11.2. The molecule has 1 aliphatic heterocycles. The van der Waals surface area contributed by atoms with Gasteiger partial charge in [0.15, 0.2) is 0 Å². The van der Waals surface area contributed by atoms with Crippen molar-refractivity contribution < 1.29 is 14.6 Å². The number of fused-ring (bicyclic) bond motifs is 1. The summed E-state index contributed by atoms with van der Waals surface area (Å²) in [6.07, 6.45) is 0.875. The number of ether oxygens (including phenoxy) is 1. The highest BCUT2D eigenvalue weighted by Crippen LogP contribution is 2.36. The normalized spacial score (nSPS) is 15.2. The van der Waals surface area contributed by atoms with Gasteiger partial charge in [0.2, 0.25) is 0 Å². The van der Waals surface area contributed by atoms with Gasteiger partial charge in [0.1, 0.15) is 11.0 Å². The van der Waals surface area contributed by atoms with Gasteiger partial charge in [-0.05, 0) is 23.6 Å². The van der Waals surface area contributed by atoms with E-state index in [-0.39, 0.29) is 5.92 Å². The number of hydrogen-bond acceptors (Lipinski definition) is 3. The molecule has 1 atom stereocenters. The SMILES string of the molecule is CC(C)C(SCc1cc(Cl)cc2c1OCC2)C(=O)O. The summed E-state index contributed by atoms with van der Waals surface area (Å²) in [6, 6.07) is 3.80. The number of carbonyl (C=O) groups is 1. The summed E-state index contributed by atoms with van der Waals surface area (Å²) in [5, 5.41) is 9.48. The second-order valence-corrected chi connectivity index (χ2v) is 6.53. The summed E-state index contributed by atoms with van der Waals surface area (Å²) in [6.45, 7) is 4.52. The molecule has 19 heavy (non-hydrogen) atoms. The van der Waals surface area contributed by atoms with E-state index in [1.807, 2.05) is 26.0 Å². The zero-order valence-electron chi connectivity index (χ0n) is 11.0. The number of thioether (sulfide) groups is 1. The number of halogens is 1. The lowest BCUT2D eigenvalue weighted by Gasteiger charge is -2.16. The fraction of sp³-hybridized carbons (Fsp3) is 0.500. The van der Waals surface area contributed by atoms with Crippen molar-refractivity contribution in [3.8, 4) is 5.75 Å². The number of carboxylic acids is 1. The first-order valence-corrected chi connectivity index (χ1v) is 7.70. The van der Waals surface area contributed by atoms with Crippen molar-refractivity contribution in [3.63, 3.8) is 0 Å². The molecule has 1 unspecified atom stereocenters. The van der Waals surface area contributed by atoms with Gasteiger partial charge in [-0.15, -0.1) is 11.8 Å². The minimum absolute atomic E-state index is 0.0932. The van der Waals surface area contributed by atoms with Crippen LogP contribution in [0.3, 0.4) is 0 Å². The predicted molar refractivity (Wildman–Crippen MR) is 78.2 cm³/mol. The Morgan fingerprint density at radius 1 is 1.53 bits per heavy atom. The number of hydrogen-bond donors (Lipinski definition) is 1. The standard InChI is InChI=1S/C14H17ClO3S/c1-8(2)13(14(16)17)19-7-10-6-11(15)5-9-3-4-18-12(9)10/h5-6,8,13H,3-4,7H2,1-2H3,(H,16,17). The van der Waals surface area contributed by atoms with Crippen LogP contribution in [0.5, 0.6) is 5.75 Å². The Balaban J connectivity index is 2.14. The van der Waals surface area contributed by atoms with Crippen molar-refractivity contribution >= 4 is 29.3 Å². The minimum Gasteiger partial charge on any atom is -0.493 e. The van der Waals surface area contributed by atoms with E-state index in [1.54, 1.807) is 0 Å². The highest BCUT2D eigenvalue weighted by molar-refractivity contribution is 7.99. The number of rotatable bonds is 5. The van der Waals surface area contributed by atoms with Gasteiger partial charge in [-0.3, -0.25) is 4.79 Å². The maximum Gasteiger partial charge on any atom is 0.316 e. The van der Waals surface area contributed by atoms with Gasteiger partial charge < -0.3 is 9.84 Å². The summed E-state index contributed by atoms with van der Waals surface area (Å²) in [4.78, 5) is 11.2. The van der Waals surface area contributed by atoms with E-state index in [0.29, 0.717) is 17.4 Å². The second-order valence-electron chi connectivity index (χ2n) is 4.97. The Labute approximate surface area is 122 Å². The molecular weight excluding hydrogens is 284 g/mol. The highest BCUT2D eigenvalue weighted by Gasteiger charge is 2.24. The van der Waals surface area contributed by atoms with Gasteiger partial charge in [-0.1, -0.05) is 25.4 Å². The molecule has 1 N–H and O–H groups in total. The van der Waals surface area contributed by atoms with E-state index in [4.69, 9.17) is 16.3 Å². The monoisotopic (exact) mass is 300 g/mol. The lowest BCUT2D eigenvalue weighted by atomic mass is 10.1. The largest absolute Gasteiger partial charge is 0.493 e. The topological polar surface area (TPSA) is 46.5 Å². The van der Waals surface area contributed by atoms with E-state index >= 15 is 0 Å². The Kier molecular flexibility index (Phi) is 4.63. The van der Waals surface area contributed by atoms with Crippen LogP contribution in [-0.2, 0) is 17.0 Å². The summed E-state index contributed by atoms with van der Waals surface area (Å²) in [5.41, 5.74) is 2.12. The number of carboxylic acid groups (broad SMARTS) is 1. The molecule has 0 aromatic heterocycles. The maximum atomic E-state index is 11.2. The Hall–Kier alpha value is -0.870. The fourth-order valence-electron chi connectivity index (χ4n) is 2.18. The van der Waals surface area contributed by atoms with Gasteiger partial charge in [-0.2, -0.15) is 0 Å².